The molecule has 1 N–H and O–H groups in total. The van der Waals surface area contributed by atoms with Gasteiger partial charge in [0.15, 0.2) is 5.90 Å². The summed E-state index contributed by atoms with van der Waals surface area (Å²) >= 11 is 0. The zero-order valence-corrected chi connectivity index (χ0v) is 7.66. The van der Waals surface area contributed by atoms with E-state index in [0.717, 1.165) is 6.42 Å². The quantitative estimate of drug-likeness (QED) is 0.543. The van der Waals surface area contributed by atoms with Crippen molar-refractivity contribution in [3.8, 4) is 0 Å². The van der Waals surface area contributed by atoms with Gasteiger partial charge in [-0.25, -0.2) is 0 Å². The normalized spacial score (nSPS) is 25.3. The fourth-order valence-corrected chi connectivity index (χ4v) is 1.70. The lowest BCUT2D eigenvalue weighted by atomic mass is 10.1. The van der Waals surface area contributed by atoms with Crippen LogP contribution in [0.4, 0.5) is 0 Å². The Labute approximate surface area is 78.0 Å². The van der Waals surface area contributed by atoms with Crippen LogP contribution in [0.2, 0.25) is 0 Å². The van der Waals surface area contributed by atoms with Crippen molar-refractivity contribution in [1.29, 1.82) is 5.41 Å². The Morgan fingerprint density at radius 3 is 2.69 bits per heavy atom. The highest BCUT2D eigenvalue weighted by Crippen LogP contribution is 2.47. The molecule has 1 aliphatic carbocycles. The van der Waals surface area contributed by atoms with E-state index in [1.807, 2.05) is 18.2 Å². The van der Waals surface area contributed by atoms with Crippen LogP contribution < -0.4 is 0 Å². The lowest BCUT2D eigenvalue weighted by Gasteiger charge is -2.00. The van der Waals surface area contributed by atoms with Gasteiger partial charge in [0.05, 0.1) is 7.11 Å². The minimum atomic E-state index is 0.326. The fraction of sp³-hybridized carbons (Fsp3) is 0.364. The molecule has 1 aliphatic rings. The zero-order chi connectivity index (χ0) is 9.26. The van der Waals surface area contributed by atoms with Gasteiger partial charge in [0.1, 0.15) is 0 Å². The molecular formula is C11H13NO. The van der Waals surface area contributed by atoms with Gasteiger partial charge < -0.3 is 4.74 Å². The third-order valence-electron chi connectivity index (χ3n) is 2.57. The number of hydrogen-bond donors (Lipinski definition) is 1. The summed E-state index contributed by atoms with van der Waals surface area (Å²) < 4.78 is 4.91. The molecule has 2 nitrogen and oxygen atoms in total. The standard InChI is InChI=1S/C11H13NO/c1-13-11(12)10-7-9(10)8-5-3-2-4-6-8/h2-6,9-10,12H,7H2,1H3. The molecule has 1 aromatic carbocycles. The van der Waals surface area contributed by atoms with Crippen LogP contribution in [0, 0.1) is 11.3 Å². The first kappa shape index (κ1) is 8.30. The predicted molar refractivity (Wildman–Crippen MR) is 52.0 cm³/mol. The second kappa shape index (κ2) is 3.21. The molecule has 2 unspecified atom stereocenters. The van der Waals surface area contributed by atoms with E-state index in [-0.39, 0.29) is 0 Å². The lowest BCUT2D eigenvalue weighted by Crippen LogP contribution is -2.02. The van der Waals surface area contributed by atoms with Gasteiger partial charge in [0, 0.05) is 5.92 Å². The summed E-state index contributed by atoms with van der Waals surface area (Å²) in [5.74, 6) is 1.27. The maximum Gasteiger partial charge on any atom is 0.183 e. The van der Waals surface area contributed by atoms with Crippen LogP contribution in [0.15, 0.2) is 30.3 Å². The molecule has 1 fully saturated rings. The van der Waals surface area contributed by atoms with E-state index in [9.17, 15) is 0 Å². The number of methoxy groups -OCH3 is 1. The van der Waals surface area contributed by atoms with Crippen molar-refractivity contribution in [3.05, 3.63) is 35.9 Å². The predicted octanol–water partition coefficient (Wildman–Crippen LogP) is 2.41. The molecule has 2 rings (SSSR count). The Morgan fingerprint density at radius 1 is 1.38 bits per heavy atom. The van der Waals surface area contributed by atoms with Gasteiger partial charge >= 0.3 is 0 Å². The third kappa shape index (κ3) is 1.57. The largest absolute Gasteiger partial charge is 0.484 e. The summed E-state index contributed by atoms with van der Waals surface area (Å²) in [7, 11) is 1.57. The molecule has 2 heteroatoms. The number of benzene rings is 1. The first-order valence-electron chi connectivity index (χ1n) is 4.50. The Hall–Kier alpha value is -1.31. The molecule has 0 heterocycles. The minimum absolute atomic E-state index is 0.326. The number of nitrogens with one attached hydrogen (secondary N) is 1. The summed E-state index contributed by atoms with van der Waals surface area (Å²) in [4.78, 5) is 0. The van der Waals surface area contributed by atoms with Gasteiger partial charge in [-0.3, -0.25) is 5.41 Å². The average molecular weight is 175 g/mol. The molecule has 1 aromatic rings. The van der Waals surface area contributed by atoms with Gasteiger partial charge in [0.2, 0.25) is 0 Å². The maximum absolute atomic E-state index is 7.51. The molecule has 0 saturated heterocycles. The third-order valence-corrected chi connectivity index (χ3v) is 2.57. The summed E-state index contributed by atoms with van der Waals surface area (Å²) in [5, 5.41) is 7.51. The highest BCUT2D eigenvalue weighted by atomic mass is 16.5. The summed E-state index contributed by atoms with van der Waals surface area (Å²) in [6, 6.07) is 10.3. The molecule has 0 radical (unpaired) electrons. The van der Waals surface area contributed by atoms with E-state index in [0.29, 0.717) is 17.7 Å². The molecule has 0 aromatic heterocycles. The Kier molecular flexibility index (Phi) is 2.05. The topological polar surface area (TPSA) is 33.1 Å². The Balaban J connectivity index is 2.04. The summed E-state index contributed by atoms with van der Waals surface area (Å²) in [5.41, 5.74) is 1.33. The molecule has 0 spiro atoms. The molecule has 2 atom stereocenters. The molecule has 0 bridgehead atoms. The smallest absolute Gasteiger partial charge is 0.183 e. The molecule has 1 saturated carbocycles. The van der Waals surface area contributed by atoms with Crippen molar-refractivity contribution in [2.24, 2.45) is 5.92 Å². The van der Waals surface area contributed by atoms with E-state index in [1.165, 1.54) is 5.56 Å². The van der Waals surface area contributed by atoms with Gasteiger partial charge in [-0.1, -0.05) is 30.3 Å². The van der Waals surface area contributed by atoms with Crippen LogP contribution in [0.3, 0.4) is 0 Å². The zero-order valence-electron chi connectivity index (χ0n) is 7.66. The molecule has 68 valence electrons. The lowest BCUT2D eigenvalue weighted by molar-refractivity contribution is 0.381. The number of ether oxygens (including phenoxy) is 1. The molecular weight excluding hydrogens is 162 g/mol. The van der Waals surface area contributed by atoms with E-state index in [1.54, 1.807) is 7.11 Å². The van der Waals surface area contributed by atoms with Gasteiger partial charge in [-0.15, -0.1) is 0 Å². The van der Waals surface area contributed by atoms with Crippen LogP contribution in [-0.2, 0) is 4.74 Å². The maximum atomic E-state index is 7.51. The van der Waals surface area contributed by atoms with E-state index < -0.39 is 0 Å². The van der Waals surface area contributed by atoms with Gasteiger partial charge in [-0.2, -0.15) is 0 Å². The van der Waals surface area contributed by atoms with E-state index in [2.05, 4.69) is 12.1 Å². The van der Waals surface area contributed by atoms with E-state index >= 15 is 0 Å². The summed E-state index contributed by atoms with van der Waals surface area (Å²) in [6.07, 6.45) is 1.07. The van der Waals surface area contributed by atoms with Crippen LogP contribution in [0.1, 0.15) is 17.9 Å². The first-order valence-corrected chi connectivity index (χ1v) is 4.50. The van der Waals surface area contributed by atoms with Crippen LogP contribution >= 0.6 is 0 Å². The number of rotatable bonds is 2. The molecule has 0 aliphatic heterocycles. The van der Waals surface area contributed by atoms with Gasteiger partial charge in [-0.05, 0) is 17.9 Å². The van der Waals surface area contributed by atoms with Gasteiger partial charge in [0.25, 0.3) is 0 Å². The van der Waals surface area contributed by atoms with Crippen molar-refractivity contribution in [3.63, 3.8) is 0 Å². The van der Waals surface area contributed by atoms with Crippen molar-refractivity contribution in [1.82, 2.24) is 0 Å². The number of hydrogen-bond acceptors (Lipinski definition) is 2. The monoisotopic (exact) mass is 175 g/mol. The Morgan fingerprint density at radius 2 is 2.08 bits per heavy atom. The van der Waals surface area contributed by atoms with Crippen LogP contribution in [0.5, 0.6) is 0 Å². The molecule has 0 amide bonds. The van der Waals surface area contributed by atoms with E-state index in [4.69, 9.17) is 10.1 Å². The van der Waals surface area contributed by atoms with Crippen molar-refractivity contribution in [2.75, 3.05) is 7.11 Å². The second-order valence-electron chi connectivity index (χ2n) is 3.43. The Bertz CT molecular complexity index is 307. The highest BCUT2D eigenvalue weighted by Gasteiger charge is 2.42. The van der Waals surface area contributed by atoms with Crippen molar-refractivity contribution < 1.29 is 4.74 Å². The van der Waals surface area contributed by atoms with Crippen LogP contribution in [-0.4, -0.2) is 13.0 Å². The van der Waals surface area contributed by atoms with Crippen LogP contribution in [0.25, 0.3) is 0 Å². The van der Waals surface area contributed by atoms with Crippen molar-refractivity contribution in [2.45, 2.75) is 12.3 Å². The first-order chi connectivity index (χ1) is 6.33. The fourth-order valence-electron chi connectivity index (χ4n) is 1.70. The minimum Gasteiger partial charge on any atom is -0.484 e. The van der Waals surface area contributed by atoms with Crippen molar-refractivity contribution >= 4 is 5.90 Å². The molecule has 13 heavy (non-hydrogen) atoms. The summed E-state index contributed by atoms with van der Waals surface area (Å²) in [6.45, 7) is 0. The highest BCUT2D eigenvalue weighted by molar-refractivity contribution is 5.79. The second-order valence-corrected chi connectivity index (χ2v) is 3.43. The SMILES string of the molecule is COC(=N)C1CC1c1ccccc1. The average Bonchev–Trinajstić information content (AvgIpc) is 2.98.